The van der Waals surface area contributed by atoms with Crippen molar-refractivity contribution in [3.05, 3.63) is 130 Å². The van der Waals surface area contributed by atoms with Gasteiger partial charge in [0.15, 0.2) is 21.5 Å². The van der Waals surface area contributed by atoms with E-state index < -0.39 is 27.4 Å². The summed E-state index contributed by atoms with van der Waals surface area (Å²) in [5.74, 6) is 0.115. The van der Waals surface area contributed by atoms with E-state index in [1.165, 1.54) is 0 Å². The summed E-state index contributed by atoms with van der Waals surface area (Å²) in [4.78, 5) is 19.5. The van der Waals surface area contributed by atoms with Crippen LogP contribution in [-0.4, -0.2) is 56.4 Å². The van der Waals surface area contributed by atoms with E-state index in [4.69, 9.17) is 19.6 Å². The first-order valence-electron chi connectivity index (χ1n) is 15.2. The summed E-state index contributed by atoms with van der Waals surface area (Å²) in [6.07, 6.45) is 0.0833. The van der Waals surface area contributed by atoms with Crippen molar-refractivity contribution in [2.24, 2.45) is 4.99 Å². The third kappa shape index (κ3) is 7.86. The van der Waals surface area contributed by atoms with Gasteiger partial charge < -0.3 is 19.9 Å². The summed E-state index contributed by atoms with van der Waals surface area (Å²) in [5.41, 5.74) is 1.92. The lowest BCUT2D eigenvalue weighted by Crippen LogP contribution is -2.49. The van der Waals surface area contributed by atoms with Gasteiger partial charge in [-0.2, -0.15) is 0 Å². The molecule has 0 aliphatic carbocycles. The van der Waals surface area contributed by atoms with Gasteiger partial charge in [0.2, 0.25) is 5.90 Å². The molecule has 2 atom stereocenters. The molecule has 1 amide bonds. The Labute approximate surface area is 278 Å². The van der Waals surface area contributed by atoms with Gasteiger partial charge in [-0.05, 0) is 61.4 Å². The van der Waals surface area contributed by atoms with Crippen molar-refractivity contribution < 1.29 is 27.8 Å². The van der Waals surface area contributed by atoms with Crippen LogP contribution in [0.5, 0.6) is 5.75 Å². The molecule has 0 radical (unpaired) electrons. The van der Waals surface area contributed by atoms with Gasteiger partial charge in [-0.15, -0.1) is 0 Å². The maximum atomic E-state index is 14.4. The first-order valence-corrected chi connectivity index (χ1v) is 17.6. The maximum Gasteiger partial charge on any atom is 0.252 e. The van der Waals surface area contributed by atoms with Gasteiger partial charge in [0.05, 0.1) is 17.3 Å². The van der Waals surface area contributed by atoms with Crippen LogP contribution in [0, 0.1) is 6.92 Å². The smallest absolute Gasteiger partial charge is 0.252 e. The third-order valence-corrected chi connectivity index (χ3v) is 10.3. The molecule has 0 spiro atoms. The van der Waals surface area contributed by atoms with Gasteiger partial charge in [-0.3, -0.25) is 4.79 Å². The molecule has 1 heterocycles. The number of aliphatic hydroxyl groups excluding tert-OH is 1. The Morgan fingerprint density at radius 3 is 2.37 bits per heavy atom. The molecule has 1 aliphatic rings. The zero-order chi connectivity index (χ0) is 32.6. The summed E-state index contributed by atoms with van der Waals surface area (Å²) in [5, 5.41) is 12.1. The number of sulfone groups is 1. The number of rotatable bonds is 14. The second-order valence-electron chi connectivity index (χ2n) is 11.2. The number of hydrogen-bond donors (Lipinski definition) is 2. The molecule has 8 nitrogen and oxygen atoms in total. The number of benzene rings is 4. The van der Waals surface area contributed by atoms with E-state index in [9.17, 15) is 13.2 Å². The third-order valence-electron chi connectivity index (χ3n) is 7.89. The Morgan fingerprint density at radius 1 is 0.978 bits per heavy atom. The van der Waals surface area contributed by atoms with E-state index in [0.717, 1.165) is 11.1 Å². The molecule has 4 aromatic rings. The van der Waals surface area contributed by atoms with Gasteiger partial charge in [0, 0.05) is 41.6 Å². The van der Waals surface area contributed by atoms with Crippen LogP contribution in [0.4, 0.5) is 0 Å². The Balaban J connectivity index is 1.52. The minimum atomic E-state index is -3.75. The van der Waals surface area contributed by atoms with Crippen LogP contribution in [-0.2, 0) is 25.8 Å². The van der Waals surface area contributed by atoms with E-state index in [-0.39, 0.29) is 29.6 Å². The van der Waals surface area contributed by atoms with Crippen molar-refractivity contribution in [1.29, 1.82) is 0 Å². The highest BCUT2D eigenvalue weighted by molar-refractivity contribution is 9.10. The van der Waals surface area contributed by atoms with Crippen LogP contribution in [0.2, 0.25) is 0 Å². The number of hydrogen-bond acceptors (Lipinski definition) is 7. The molecule has 0 unspecified atom stereocenters. The number of ether oxygens (including phenoxy) is 2. The number of halogens is 1. The molecule has 0 fully saturated rings. The molecular weight excluding hydrogens is 668 g/mol. The Kier molecular flexibility index (Phi) is 10.9. The predicted molar refractivity (Wildman–Crippen MR) is 182 cm³/mol. The highest BCUT2D eigenvalue weighted by Crippen LogP contribution is 2.45. The average molecular weight is 706 g/mol. The van der Waals surface area contributed by atoms with Crippen molar-refractivity contribution >= 4 is 37.6 Å². The number of nitrogens with zero attached hydrogens (tertiary/aromatic N) is 1. The fraction of sp³-hybridized carbons (Fsp3) is 0.278. The topological polar surface area (TPSA) is 114 Å². The number of aliphatic hydroxyl groups is 1. The Morgan fingerprint density at radius 2 is 1.67 bits per heavy atom. The van der Waals surface area contributed by atoms with Crippen molar-refractivity contribution in [3.8, 4) is 5.75 Å². The van der Waals surface area contributed by atoms with E-state index >= 15 is 0 Å². The lowest BCUT2D eigenvalue weighted by molar-refractivity contribution is -0.129. The minimum absolute atomic E-state index is 0.0360. The Hall–Kier alpha value is -3.99. The SMILES string of the molecule is Cc1ccc(CCNC(=O)[C@]2(CCS(=O)(=O)c3ccccc3)N=C(c3ccc(OCCCO)cc3)O[C@@H]2c2ccccc2Br)cc1. The molecule has 0 saturated heterocycles. The van der Waals surface area contributed by atoms with Crippen LogP contribution in [0.1, 0.15) is 41.2 Å². The monoisotopic (exact) mass is 704 g/mol. The second kappa shape index (κ2) is 15.1. The molecule has 2 N–H and O–H groups in total. The summed E-state index contributed by atoms with van der Waals surface area (Å²) in [6.45, 7) is 2.77. The number of nitrogens with one attached hydrogen (secondary N) is 1. The summed E-state index contributed by atoms with van der Waals surface area (Å²) in [7, 11) is -3.75. The molecule has 46 heavy (non-hydrogen) atoms. The molecule has 0 saturated carbocycles. The average Bonchev–Trinajstić information content (AvgIpc) is 3.46. The van der Waals surface area contributed by atoms with Crippen LogP contribution < -0.4 is 10.1 Å². The first kappa shape index (κ1) is 33.4. The number of aliphatic imine (C=N–C) groups is 1. The lowest BCUT2D eigenvalue weighted by atomic mass is 9.85. The molecular formula is C36H37BrN2O6S. The summed E-state index contributed by atoms with van der Waals surface area (Å²) >= 11 is 3.62. The number of carbonyl (C=O) groups excluding carboxylic acids is 1. The molecule has 5 rings (SSSR count). The summed E-state index contributed by atoms with van der Waals surface area (Å²) in [6, 6.07) is 30.9. The lowest BCUT2D eigenvalue weighted by Gasteiger charge is -2.31. The standard InChI is InChI=1S/C36H37BrN2O6S/c1-26-12-14-27(15-13-26)20-22-38-35(41)36(21-25-46(42,43)30-8-3-2-4-9-30)33(31-10-5-6-11-32(31)37)45-34(39-36)28-16-18-29(19-17-28)44-24-7-23-40/h2-6,8-19,33,40H,7,20-25H2,1H3,(H,38,41)/t33-,36-/m1/s1. The molecule has 1 aliphatic heterocycles. The highest BCUT2D eigenvalue weighted by Gasteiger charge is 2.54. The van der Waals surface area contributed by atoms with E-state index in [1.807, 2.05) is 55.5 Å². The van der Waals surface area contributed by atoms with Gasteiger partial charge in [-0.25, -0.2) is 13.4 Å². The molecule has 4 aromatic carbocycles. The van der Waals surface area contributed by atoms with E-state index in [2.05, 4.69) is 21.2 Å². The fourth-order valence-electron chi connectivity index (χ4n) is 5.30. The second-order valence-corrected chi connectivity index (χ2v) is 14.1. The van der Waals surface area contributed by atoms with Crippen molar-refractivity contribution in [3.63, 3.8) is 0 Å². The van der Waals surface area contributed by atoms with Crippen LogP contribution in [0.25, 0.3) is 0 Å². The number of amides is 1. The zero-order valence-corrected chi connectivity index (χ0v) is 28.0. The van der Waals surface area contributed by atoms with Gasteiger partial charge in [0.25, 0.3) is 5.91 Å². The van der Waals surface area contributed by atoms with Crippen molar-refractivity contribution in [1.82, 2.24) is 5.32 Å². The number of carbonyl (C=O) groups is 1. The summed E-state index contributed by atoms with van der Waals surface area (Å²) < 4.78 is 40.0. The molecule has 0 aromatic heterocycles. The first-order chi connectivity index (χ1) is 22.2. The molecule has 0 bridgehead atoms. The Bertz CT molecular complexity index is 1760. The quantitative estimate of drug-likeness (QED) is 0.156. The van der Waals surface area contributed by atoms with E-state index in [1.54, 1.807) is 54.6 Å². The van der Waals surface area contributed by atoms with Crippen LogP contribution in [0.15, 0.2) is 117 Å². The van der Waals surface area contributed by atoms with Gasteiger partial charge >= 0.3 is 0 Å². The largest absolute Gasteiger partial charge is 0.494 e. The zero-order valence-electron chi connectivity index (χ0n) is 25.6. The maximum absolute atomic E-state index is 14.4. The fourth-order valence-corrected chi connectivity index (χ4v) is 7.18. The van der Waals surface area contributed by atoms with Crippen LogP contribution >= 0.6 is 15.9 Å². The predicted octanol–water partition coefficient (Wildman–Crippen LogP) is 6.00. The molecule has 240 valence electrons. The normalized spacial score (nSPS) is 17.6. The molecule has 10 heteroatoms. The van der Waals surface area contributed by atoms with Gasteiger partial charge in [0.1, 0.15) is 5.75 Å². The minimum Gasteiger partial charge on any atom is -0.494 e. The highest BCUT2D eigenvalue weighted by atomic mass is 79.9. The van der Waals surface area contributed by atoms with Crippen LogP contribution in [0.3, 0.4) is 0 Å². The van der Waals surface area contributed by atoms with Crippen molar-refractivity contribution in [2.45, 2.75) is 42.7 Å². The van der Waals surface area contributed by atoms with Gasteiger partial charge in [-0.1, -0.05) is 82.2 Å². The van der Waals surface area contributed by atoms with Crippen molar-refractivity contribution in [2.75, 3.05) is 25.5 Å². The number of aryl methyl sites for hydroxylation is 1. The van der Waals surface area contributed by atoms with E-state index in [0.29, 0.717) is 47.3 Å².